The van der Waals surface area contributed by atoms with Gasteiger partial charge in [0.1, 0.15) is 0 Å². The summed E-state index contributed by atoms with van der Waals surface area (Å²) in [5, 5.41) is 2.99. The molecule has 0 radical (unpaired) electrons. The summed E-state index contributed by atoms with van der Waals surface area (Å²) in [4.78, 5) is -0.720. The first-order valence-corrected chi connectivity index (χ1v) is 10.3. The van der Waals surface area contributed by atoms with Gasteiger partial charge in [0.05, 0.1) is 10.5 Å². The lowest BCUT2D eigenvalue weighted by Gasteiger charge is -2.23. The molecule has 9 heteroatoms. The Morgan fingerprint density at radius 1 is 1.04 bits per heavy atom. The predicted octanol–water partition coefficient (Wildman–Crippen LogP) is 3.23. The normalized spacial score (nSPS) is 19.5. The van der Waals surface area contributed by atoms with Crippen molar-refractivity contribution in [1.82, 2.24) is 4.72 Å². The quantitative estimate of drug-likeness (QED) is 0.748. The highest BCUT2D eigenvalue weighted by Crippen LogP contribution is 2.36. The molecule has 0 spiro atoms. The van der Waals surface area contributed by atoms with E-state index in [0.29, 0.717) is 25.7 Å². The molecule has 26 heavy (non-hydrogen) atoms. The maximum absolute atomic E-state index is 13.4. The third kappa shape index (κ3) is 5.11. The van der Waals surface area contributed by atoms with Crippen molar-refractivity contribution in [3.8, 4) is 0 Å². The third-order valence-electron chi connectivity index (χ3n) is 4.77. The van der Waals surface area contributed by atoms with Crippen LogP contribution in [0.25, 0.3) is 0 Å². The van der Waals surface area contributed by atoms with Crippen LogP contribution in [0.4, 0.5) is 18.9 Å². The summed E-state index contributed by atoms with van der Waals surface area (Å²) in [7, 11) is -4.20. The molecular formula is C17H23F3N2O3S. The predicted molar refractivity (Wildman–Crippen MR) is 91.4 cm³/mol. The van der Waals surface area contributed by atoms with E-state index in [1.54, 1.807) is 0 Å². The van der Waals surface area contributed by atoms with Gasteiger partial charge in [0.25, 0.3) is 0 Å². The SMILES string of the molecule is O=S(=O)(NCC1CC1)c1ccc(NCC2CCOCC2)cc1C(F)(F)F. The van der Waals surface area contributed by atoms with Crippen LogP contribution in [0.2, 0.25) is 0 Å². The Bertz CT molecular complexity index is 727. The highest BCUT2D eigenvalue weighted by atomic mass is 32.2. The number of nitrogens with one attached hydrogen (secondary N) is 2. The van der Waals surface area contributed by atoms with Crippen LogP contribution in [0.1, 0.15) is 31.2 Å². The van der Waals surface area contributed by atoms with Crippen LogP contribution in [-0.2, 0) is 20.9 Å². The summed E-state index contributed by atoms with van der Waals surface area (Å²) in [6.07, 6.45) is -1.22. The first kappa shape index (κ1) is 19.4. The van der Waals surface area contributed by atoms with Gasteiger partial charge in [-0.25, -0.2) is 13.1 Å². The Kier molecular flexibility index (Phi) is 5.78. The van der Waals surface area contributed by atoms with E-state index in [0.717, 1.165) is 37.8 Å². The average molecular weight is 392 g/mol. The van der Waals surface area contributed by atoms with E-state index in [2.05, 4.69) is 10.0 Å². The largest absolute Gasteiger partial charge is 0.417 e. The number of ether oxygens (including phenoxy) is 1. The Labute approximate surface area is 151 Å². The van der Waals surface area contributed by atoms with Crippen LogP contribution in [0.15, 0.2) is 23.1 Å². The maximum Gasteiger partial charge on any atom is 0.417 e. The van der Waals surface area contributed by atoms with E-state index in [4.69, 9.17) is 4.74 Å². The fraction of sp³-hybridized carbons (Fsp3) is 0.647. The van der Waals surface area contributed by atoms with Crippen molar-refractivity contribution < 1.29 is 26.3 Å². The van der Waals surface area contributed by atoms with Crippen LogP contribution < -0.4 is 10.0 Å². The smallest absolute Gasteiger partial charge is 0.385 e. The van der Waals surface area contributed by atoms with Gasteiger partial charge in [-0.15, -0.1) is 0 Å². The highest BCUT2D eigenvalue weighted by Gasteiger charge is 2.38. The van der Waals surface area contributed by atoms with Crippen LogP contribution in [-0.4, -0.2) is 34.7 Å². The number of rotatable bonds is 7. The fourth-order valence-electron chi connectivity index (χ4n) is 2.94. The Balaban J connectivity index is 1.76. The monoisotopic (exact) mass is 392 g/mol. The third-order valence-corrected chi connectivity index (χ3v) is 6.25. The van der Waals surface area contributed by atoms with E-state index >= 15 is 0 Å². The number of halogens is 3. The number of hydrogen-bond acceptors (Lipinski definition) is 4. The molecule has 1 aliphatic carbocycles. The van der Waals surface area contributed by atoms with Gasteiger partial charge in [0, 0.05) is 32.0 Å². The molecule has 5 nitrogen and oxygen atoms in total. The number of anilines is 1. The van der Waals surface area contributed by atoms with Gasteiger partial charge in [-0.3, -0.25) is 0 Å². The summed E-state index contributed by atoms with van der Waals surface area (Å²) in [5.41, 5.74) is -0.872. The van der Waals surface area contributed by atoms with Crippen LogP contribution in [0.3, 0.4) is 0 Å². The van der Waals surface area contributed by atoms with Crippen LogP contribution in [0, 0.1) is 11.8 Å². The van der Waals surface area contributed by atoms with E-state index in [-0.39, 0.29) is 18.2 Å². The van der Waals surface area contributed by atoms with Crippen LogP contribution in [0.5, 0.6) is 0 Å². The van der Waals surface area contributed by atoms with Gasteiger partial charge in [-0.05, 0) is 55.7 Å². The molecule has 1 heterocycles. The number of alkyl halides is 3. The molecule has 146 valence electrons. The molecular weight excluding hydrogens is 369 g/mol. The second kappa shape index (κ2) is 7.74. The summed E-state index contributed by atoms with van der Waals surface area (Å²) in [6.45, 7) is 2.03. The van der Waals surface area contributed by atoms with E-state index in [1.807, 2.05) is 0 Å². The Morgan fingerprint density at radius 3 is 2.31 bits per heavy atom. The first-order chi connectivity index (χ1) is 12.3. The topological polar surface area (TPSA) is 67.4 Å². The molecule has 2 fully saturated rings. The molecule has 0 unspecified atom stereocenters. The maximum atomic E-state index is 13.4. The summed E-state index contributed by atoms with van der Waals surface area (Å²) >= 11 is 0. The summed E-state index contributed by atoms with van der Waals surface area (Å²) < 4.78 is 72.4. The first-order valence-electron chi connectivity index (χ1n) is 8.78. The second-order valence-corrected chi connectivity index (χ2v) is 8.68. The minimum Gasteiger partial charge on any atom is -0.385 e. The molecule has 1 saturated carbocycles. The summed E-state index contributed by atoms with van der Waals surface area (Å²) in [5.74, 6) is 0.571. The molecule has 0 amide bonds. The van der Waals surface area contributed by atoms with Gasteiger partial charge in [-0.1, -0.05) is 0 Å². The Morgan fingerprint density at radius 2 is 1.69 bits per heavy atom. The zero-order valence-corrected chi connectivity index (χ0v) is 15.1. The molecule has 2 aliphatic rings. The Hall–Kier alpha value is -1.32. The van der Waals surface area contributed by atoms with Gasteiger partial charge in [0.2, 0.25) is 10.0 Å². The van der Waals surface area contributed by atoms with Crippen molar-refractivity contribution in [2.75, 3.05) is 31.6 Å². The fourth-order valence-corrected chi connectivity index (χ4v) is 4.26. The van der Waals surface area contributed by atoms with Crippen molar-refractivity contribution in [2.45, 2.75) is 36.8 Å². The number of hydrogen-bond donors (Lipinski definition) is 2. The van der Waals surface area contributed by atoms with E-state index in [1.165, 1.54) is 6.07 Å². The van der Waals surface area contributed by atoms with Crippen molar-refractivity contribution in [3.63, 3.8) is 0 Å². The molecule has 2 N–H and O–H groups in total. The zero-order valence-electron chi connectivity index (χ0n) is 14.3. The highest BCUT2D eigenvalue weighted by molar-refractivity contribution is 7.89. The number of benzene rings is 1. The van der Waals surface area contributed by atoms with E-state index < -0.39 is 26.7 Å². The lowest BCUT2D eigenvalue weighted by molar-refractivity contribution is -0.139. The average Bonchev–Trinajstić information content (AvgIpc) is 3.43. The molecule has 1 aromatic rings. The van der Waals surface area contributed by atoms with Crippen molar-refractivity contribution >= 4 is 15.7 Å². The molecule has 1 aliphatic heterocycles. The molecule has 0 bridgehead atoms. The zero-order chi connectivity index (χ0) is 18.8. The van der Waals surface area contributed by atoms with Crippen molar-refractivity contribution in [1.29, 1.82) is 0 Å². The minimum atomic E-state index is -4.75. The number of sulfonamides is 1. The van der Waals surface area contributed by atoms with E-state index in [9.17, 15) is 21.6 Å². The lowest BCUT2D eigenvalue weighted by atomic mass is 10.0. The van der Waals surface area contributed by atoms with Gasteiger partial charge in [-0.2, -0.15) is 13.2 Å². The van der Waals surface area contributed by atoms with Gasteiger partial charge in [0.15, 0.2) is 0 Å². The van der Waals surface area contributed by atoms with Crippen molar-refractivity contribution in [3.05, 3.63) is 23.8 Å². The molecule has 0 atom stereocenters. The molecule has 3 rings (SSSR count). The second-order valence-electron chi connectivity index (χ2n) is 6.94. The van der Waals surface area contributed by atoms with Crippen LogP contribution >= 0.6 is 0 Å². The van der Waals surface area contributed by atoms with Gasteiger partial charge >= 0.3 is 6.18 Å². The van der Waals surface area contributed by atoms with Gasteiger partial charge < -0.3 is 10.1 Å². The molecule has 1 aromatic carbocycles. The molecule has 0 aromatic heterocycles. The van der Waals surface area contributed by atoms with Crippen molar-refractivity contribution in [2.24, 2.45) is 11.8 Å². The lowest BCUT2D eigenvalue weighted by Crippen LogP contribution is -2.28. The molecule has 1 saturated heterocycles. The summed E-state index contributed by atoms with van der Waals surface area (Å²) in [6, 6.07) is 3.30. The minimum absolute atomic E-state index is 0.184. The standard InChI is InChI=1S/C17H23F3N2O3S/c18-17(19,20)15-9-14(21-10-13-5-7-25-8-6-13)3-4-16(15)26(23,24)22-11-12-1-2-12/h3-4,9,12-13,21-22H,1-2,5-8,10-11H2.